The molecule has 2 aromatic rings. The Morgan fingerprint density at radius 2 is 1.50 bits per heavy atom. The summed E-state index contributed by atoms with van der Waals surface area (Å²) in [6.45, 7) is 0.674. The summed E-state index contributed by atoms with van der Waals surface area (Å²) < 4.78 is 41.3. The van der Waals surface area contributed by atoms with Crippen LogP contribution in [0.25, 0.3) is 0 Å². The fraction of sp³-hybridized carbons (Fsp3) is 0.286. The second-order valence-electron chi connectivity index (χ2n) is 6.73. The average Bonchev–Trinajstić information content (AvgIpc) is 2.83. The number of sulfonamides is 1. The van der Waals surface area contributed by atoms with Gasteiger partial charge in [-0.1, -0.05) is 0 Å². The molecule has 10 nitrogen and oxygen atoms in total. The third-order valence-electron chi connectivity index (χ3n) is 4.62. The summed E-state index contributed by atoms with van der Waals surface area (Å²) in [6, 6.07) is 11.3. The smallest absolute Gasteiger partial charge is 0.338 e. The van der Waals surface area contributed by atoms with E-state index in [0.29, 0.717) is 24.5 Å². The largest absolute Gasteiger partial charge is 0.465 e. The molecule has 0 saturated carbocycles. The number of carbonyl (C=O) groups is 3. The van der Waals surface area contributed by atoms with Crippen molar-refractivity contribution in [2.45, 2.75) is 4.90 Å². The lowest BCUT2D eigenvalue weighted by atomic mass is 10.2. The van der Waals surface area contributed by atoms with E-state index >= 15 is 0 Å². The minimum Gasteiger partial charge on any atom is -0.465 e. The van der Waals surface area contributed by atoms with Gasteiger partial charge in [0, 0.05) is 18.8 Å². The fourth-order valence-corrected chi connectivity index (χ4v) is 4.33. The van der Waals surface area contributed by atoms with Gasteiger partial charge in [-0.25, -0.2) is 18.0 Å². The zero-order valence-electron chi connectivity index (χ0n) is 17.3. The number of amides is 1. The molecule has 0 aromatic heterocycles. The topological polar surface area (TPSA) is 128 Å². The molecule has 1 heterocycles. The van der Waals surface area contributed by atoms with Crippen molar-refractivity contribution >= 4 is 33.6 Å². The summed E-state index contributed by atoms with van der Waals surface area (Å²) in [5.74, 6) is -1.84. The number of hydrogen-bond acceptors (Lipinski definition) is 8. The van der Waals surface area contributed by atoms with Crippen molar-refractivity contribution in [1.29, 1.82) is 0 Å². The molecule has 0 radical (unpaired) electrons. The average molecular weight is 462 g/mol. The van der Waals surface area contributed by atoms with E-state index in [1.165, 1.54) is 59.9 Å². The molecule has 1 amide bonds. The summed E-state index contributed by atoms with van der Waals surface area (Å²) >= 11 is 0. The highest BCUT2D eigenvalue weighted by Crippen LogP contribution is 2.18. The lowest BCUT2D eigenvalue weighted by Crippen LogP contribution is -2.40. The summed E-state index contributed by atoms with van der Waals surface area (Å²) in [5, 5.41) is 2.53. The number of benzene rings is 2. The number of morpholine rings is 1. The quantitative estimate of drug-likeness (QED) is 0.610. The van der Waals surface area contributed by atoms with E-state index in [0.717, 1.165) is 0 Å². The zero-order chi connectivity index (χ0) is 23.1. The summed E-state index contributed by atoms with van der Waals surface area (Å²) in [4.78, 5) is 35.7. The number of carbonyl (C=O) groups excluding carboxylic acids is 3. The molecular formula is C21H22N2O8S. The highest BCUT2D eigenvalue weighted by Gasteiger charge is 2.26. The van der Waals surface area contributed by atoms with Gasteiger partial charge in [-0.15, -0.1) is 0 Å². The molecule has 1 aliphatic rings. The molecule has 32 heavy (non-hydrogen) atoms. The van der Waals surface area contributed by atoms with E-state index in [2.05, 4.69) is 10.1 Å². The number of nitrogens with zero attached hydrogens (tertiary/aromatic N) is 1. The summed E-state index contributed by atoms with van der Waals surface area (Å²) in [6.07, 6.45) is 0. The predicted molar refractivity (Wildman–Crippen MR) is 113 cm³/mol. The van der Waals surface area contributed by atoms with E-state index in [1.54, 1.807) is 0 Å². The number of nitrogens with one attached hydrogen (secondary N) is 1. The Labute approximate surface area is 185 Å². The Morgan fingerprint density at radius 1 is 0.938 bits per heavy atom. The molecule has 170 valence electrons. The standard InChI is InChI=1S/C21H22N2O8S/c1-29-20(25)15-2-6-17(7-3-15)22-19(24)14-31-21(26)16-4-8-18(9-5-16)32(27,28)23-10-12-30-13-11-23/h2-9H,10-14H2,1H3,(H,22,24). The van der Waals surface area contributed by atoms with Gasteiger partial charge in [-0.3, -0.25) is 4.79 Å². The summed E-state index contributed by atoms with van der Waals surface area (Å²) in [5.41, 5.74) is 0.855. The summed E-state index contributed by atoms with van der Waals surface area (Å²) in [7, 11) is -2.40. The molecular weight excluding hydrogens is 440 g/mol. The van der Waals surface area contributed by atoms with Crippen LogP contribution in [0.4, 0.5) is 5.69 Å². The lowest BCUT2D eigenvalue weighted by Gasteiger charge is -2.26. The van der Waals surface area contributed by atoms with Gasteiger partial charge in [0.25, 0.3) is 5.91 Å². The lowest BCUT2D eigenvalue weighted by molar-refractivity contribution is -0.119. The van der Waals surface area contributed by atoms with Crippen molar-refractivity contribution in [1.82, 2.24) is 4.31 Å². The maximum atomic E-state index is 12.6. The third-order valence-corrected chi connectivity index (χ3v) is 6.53. The minimum absolute atomic E-state index is 0.0593. The molecule has 3 rings (SSSR count). The minimum atomic E-state index is -3.67. The molecule has 0 atom stereocenters. The normalized spacial score (nSPS) is 14.4. The maximum Gasteiger partial charge on any atom is 0.338 e. The van der Waals surface area contributed by atoms with Crippen LogP contribution in [0, 0.1) is 0 Å². The predicted octanol–water partition coefficient (Wildman–Crippen LogP) is 1.29. The molecule has 1 aliphatic heterocycles. The van der Waals surface area contributed by atoms with Gasteiger partial charge in [0.1, 0.15) is 0 Å². The van der Waals surface area contributed by atoms with Crippen molar-refractivity contribution in [2.75, 3.05) is 45.3 Å². The van der Waals surface area contributed by atoms with Crippen molar-refractivity contribution in [3.8, 4) is 0 Å². The van der Waals surface area contributed by atoms with Crippen LogP contribution >= 0.6 is 0 Å². The second kappa shape index (κ2) is 10.4. The Bertz CT molecular complexity index is 1080. The first-order valence-corrected chi connectivity index (χ1v) is 11.1. The molecule has 0 bridgehead atoms. The van der Waals surface area contributed by atoms with Gasteiger partial charge in [0.05, 0.1) is 36.3 Å². The third kappa shape index (κ3) is 5.69. The fourth-order valence-electron chi connectivity index (χ4n) is 2.92. The first kappa shape index (κ1) is 23.4. The van der Waals surface area contributed by atoms with Gasteiger partial charge in [-0.05, 0) is 48.5 Å². The SMILES string of the molecule is COC(=O)c1ccc(NC(=O)COC(=O)c2ccc(S(=O)(=O)N3CCOCC3)cc2)cc1. The molecule has 0 spiro atoms. The van der Waals surface area contributed by atoms with Crippen LogP contribution in [-0.4, -0.2) is 70.6 Å². The number of methoxy groups -OCH3 is 1. The molecule has 1 N–H and O–H groups in total. The number of rotatable bonds is 7. The molecule has 0 aliphatic carbocycles. The van der Waals surface area contributed by atoms with E-state index in [-0.39, 0.29) is 23.5 Å². The van der Waals surface area contributed by atoms with Crippen molar-refractivity contribution in [3.63, 3.8) is 0 Å². The van der Waals surface area contributed by atoms with E-state index in [4.69, 9.17) is 9.47 Å². The zero-order valence-corrected chi connectivity index (χ0v) is 18.1. The Kier molecular flexibility index (Phi) is 7.57. The van der Waals surface area contributed by atoms with Crippen LogP contribution in [0.2, 0.25) is 0 Å². The number of ether oxygens (including phenoxy) is 3. The van der Waals surface area contributed by atoms with Crippen molar-refractivity contribution < 1.29 is 37.0 Å². The van der Waals surface area contributed by atoms with Gasteiger partial charge >= 0.3 is 11.9 Å². The monoisotopic (exact) mass is 462 g/mol. The number of hydrogen-bond donors (Lipinski definition) is 1. The van der Waals surface area contributed by atoms with Crippen molar-refractivity contribution in [2.24, 2.45) is 0 Å². The number of anilines is 1. The molecule has 0 unspecified atom stereocenters. The Balaban J connectivity index is 1.53. The Morgan fingerprint density at radius 3 is 2.09 bits per heavy atom. The molecule has 11 heteroatoms. The second-order valence-corrected chi connectivity index (χ2v) is 8.67. The van der Waals surface area contributed by atoms with E-state index in [1.807, 2.05) is 0 Å². The van der Waals surface area contributed by atoms with Gasteiger partial charge in [0.15, 0.2) is 6.61 Å². The highest BCUT2D eigenvalue weighted by atomic mass is 32.2. The molecule has 1 fully saturated rings. The van der Waals surface area contributed by atoms with Crippen molar-refractivity contribution in [3.05, 3.63) is 59.7 Å². The van der Waals surface area contributed by atoms with Gasteiger partial charge in [-0.2, -0.15) is 4.31 Å². The van der Waals surface area contributed by atoms with Crippen LogP contribution in [0.5, 0.6) is 0 Å². The van der Waals surface area contributed by atoms with Crippen LogP contribution in [-0.2, 0) is 29.0 Å². The van der Waals surface area contributed by atoms with Gasteiger partial charge in [0.2, 0.25) is 10.0 Å². The first-order valence-electron chi connectivity index (χ1n) is 9.64. The van der Waals surface area contributed by atoms with E-state index < -0.39 is 34.5 Å². The van der Waals surface area contributed by atoms with Gasteiger partial charge < -0.3 is 19.5 Å². The maximum absolute atomic E-state index is 12.6. The van der Waals surface area contributed by atoms with E-state index in [9.17, 15) is 22.8 Å². The molecule has 1 saturated heterocycles. The first-order chi connectivity index (χ1) is 15.3. The van der Waals surface area contributed by atoms with Crippen LogP contribution in [0.15, 0.2) is 53.4 Å². The molecule has 2 aromatic carbocycles. The Hall–Kier alpha value is -3.28. The van der Waals surface area contributed by atoms with Crippen LogP contribution in [0.1, 0.15) is 20.7 Å². The highest BCUT2D eigenvalue weighted by molar-refractivity contribution is 7.89. The van der Waals surface area contributed by atoms with Crippen LogP contribution in [0.3, 0.4) is 0 Å². The number of esters is 2. The van der Waals surface area contributed by atoms with Crippen LogP contribution < -0.4 is 5.32 Å².